The molecule has 1 heteroatoms. The Labute approximate surface area is 29.8 Å². The van der Waals surface area contributed by atoms with E-state index in [0.717, 1.165) is 0 Å². The predicted molar refractivity (Wildman–Crippen MR) is 17.3 cm³/mol. The van der Waals surface area contributed by atoms with Crippen molar-refractivity contribution >= 4 is 0 Å². The van der Waals surface area contributed by atoms with Crippen LogP contribution in [-0.2, 0) is 0 Å². The molecule has 0 spiro atoms. The lowest BCUT2D eigenvalue weighted by molar-refractivity contribution is 0.343. The molecule has 0 aromatic rings. The Hall–Kier alpha value is -0.300. The van der Waals surface area contributed by atoms with Gasteiger partial charge in [0, 0.05) is 0 Å². The van der Waals surface area contributed by atoms with Crippen LogP contribution < -0.4 is 0 Å². The molecule has 0 fully saturated rings. The van der Waals surface area contributed by atoms with Gasteiger partial charge in [-0.15, -0.1) is 6.58 Å². The average Bonchev–Trinajstić information content (AvgIpc) is 1.31. The molecule has 1 nitrogen and oxygen atoms in total. The Kier molecular flexibility index (Phi) is 0.560. The Bertz CT molecular complexity index is 82.7. The molecule has 0 amide bonds. The van der Waals surface area contributed by atoms with Gasteiger partial charge in [0.1, 0.15) is 0 Å². The molecule has 4 heavy (non-hydrogen) atoms. The van der Waals surface area contributed by atoms with Crippen molar-refractivity contribution < 1.29 is 9.22 Å². The van der Waals surface area contributed by atoms with Crippen molar-refractivity contribution in [2.75, 3.05) is 6.56 Å². The van der Waals surface area contributed by atoms with Crippen LogP contribution in [0, 0.1) is 0 Å². The van der Waals surface area contributed by atoms with Gasteiger partial charge in [-0.1, -0.05) is 6.05 Å². The summed E-state index contributed by atoms with van der Waals surface area (Å²) in [7, 11) is 0. The SMILES string of the molecule is [2H]C(=C)C([2H])([2H])O. The standard InChI is InChI=1S/C3H6O/c1-2-3-4/h2,4H,1,3H2/i2D,3D2. The van der Waals surface area contributed by atoms with Gasteiger partial charge in [-0.3, -0.25) is 0 Å². The summed E-state index contributed by atoms with van der Waals surface area (Å²) in [6.07, 6.45) is 0. The Balaban J connectivity index is 3.79. The van der Waals surface area contributed by atoms with Gasteiger partial charge < -0.3 is 5.11 Å². The van der Waals surface area contributed by atoms with Crippen LogP contribution >= 0.6 is 0 Å². The van der Waals surface area contributed by atoms with Crippen LogP contribution in [0.4, 0.5) is 0 Å². The molecular formula is C3H6O. The average molecular weight is 61.1 g/mol. The zero-order valence-corrected chi connectivity index (χ0v) is 2.15. The highest BCUT2D eigenvalue weighted by atomic mass is 16.2. The minimum Gasteiger partial charge on any atom is -0.392 e. The van der Waals surface area contributed by atoms with E-state index in [4.69, 9.17) is 9.22 Å². The largest absolute Gasteiger partial charge is 0.392 e. The van der Waals surface area contributed by atoms with E-state index in [1.807, 2.05) is 0 Å². The first kappa shape index (κ1) is 0.830. The third kappa shape index (κ3) is 1.70. The molecule has 0 aromatic heterocycles. The minimum atomic E-state index is -2.53. The van der Waals surface area contributed by atoms with E-state index in [0.29, 0.717) is 0 Å². The predicted octanol–water partition coefficient (Wildman–Crippen LogP) is 0.165. The third-order valence-electron chi connectivity index (χ3n) is 0.0791. The summed E-state index contributed by atoms with van der Waals surface area (Å²) in [5.41, 5.74) is 0. The summed E-state index contributed by atoms with van der Waals surface area (Å²) >= 11 is 0. The van der Waals surface area contributed by atoms with Crippen molar-refractivity contribution in [3.63, 3.8) is 0 Å². The smallest absolute Gasteiger partial charge is 0.0609 e. The Morgan fingerprint density at radius 1 is 2.75 bits per heavy atom. The van der Waals surface area contributed by atoms with Crippen LogP contribution in [0.5, 0.6) is 0 Å². The molecular weight excluding hydrogens is 52.0 g/mol. The molecule has 0 aliphatic rings. The van der Waals surface area contributed by atoms with Crippen LogP contribution in [0.3, 0.4) is 0 Å². The van der Waals surface area contributed by atoms with E-state index in [1.54, 1.807) is 0 Å². The first-order valence-electron chi connectivity index (χ1n) is 2.33. The van der Waals surface area contributed by atoms with Gasteiger partial charge in [0.15, 0.2) is 0 Å². The molecule has 0 aromatic carbocycles. The zero-order valence-electron chi connectivity index (χ0n) is 5.15. The van der Waals surface area contributed by atoms with E-state index >= 15 is 0 Å². The summed E-state index contributed by atoms with van der Waals surface area (Å²) in [5, 5.41) is 8.14. The molecule has 0 aliphatic carbocycles. The second-order valence-corrected chi connectivity index (χ2v) is 0.289. The van der Waals surface area contributed by atoms with Crippen molar-refractivity contribution in [1.29, 1.82) is 0 Å². The fraction of sp³-hybridized carbons (Fsp3) is 0.333. The maximum absolute atomic E-state index is 8.14. The molecule has 0 aliphatic heterocycles. The third-order valence-corrected chi connectivity index (χ3v) is 0.0791. The fourth-order valence-electron chi connectivity index (χ4n) is 0. The highest BCUT2D eigenvalue weighted by molar-refractivity contribution is 4.60. The monoisotopic (exact) mass is 61.1 g/mol. The topological polar surface area (TPSA) is 20.2 Å². The van der Waals surface area contributed by atoms with Crippen LogP contribution in [0.25, 0.3) is 0 Å². The Morgan fingerprint density at radius 3 is 3.00 bits per heavy atom. The molecule has 0 saturated carbocycles. The van der Waals surface area contributed by atoms with Gasteiger partial charge in [-0.05, 0) is 0 Å². The molecule has 0 unspecified atom stereocenters. The summed E-state index contributed by atoms with van der Waals surface area (Å²) < 4.78 is 19.1. The van der Waals surface area contributed by atoms with Crippen molar-refractivity contribution in [3.05, 3.63) is 12.6 Å². The second kappa shape index (κ2) is 2.70. The van der Waals surface area contributed by atoms with Crippen molar-refractivity contribution in [2.45, 2.75) is 0 Å². The lowest BCUT2D eigenvalue weighted by atomic mass is 10.7. The quantitative estimate of drug-likeness (QED) is 0.428. The zero-order chi connectivity index (χ0) is 6.08. The van der Waals surface area contributed by atoms with E-state index in [9.17, 15) is 0 Å². The molecule has 0 bridgehead atoms. The van der Waals surface area contributed by atoms with Crippen LogP contribution in [0.1, 0.15) is 4.11 Å². The Morgan fingerprint density at radius 2 is 3.00 bits per heavy atom. The van der Waals surface area contributed by atoms with E-state index < -0.39 is 12.6 Å². The summed E-state index contributed by atoms with van der Waals surface area (Å²) in [5.74, 6) is 0. The number of aliphatic hydroxyl groups is 1. The normalized spacial score (nSPS) is 20.8. The highest BCUT2D eigenvalue weighted by Gasteiger charge is 1.45. The lowest BCUT2D eigenvalue weighted by Gasteiger charge is -1.60. The molecule has 0 saturated heterocycles. The first-order chi connectivity index (χ1) is 2.94. The summed E-state index contributed by atoms with van der Waals surface area (Å²) in [6.45, 7) is 0.340. The molecule has 1 N–H and O–H groups in total. The molecule has 24 valence electrons. The summed E-state index contributed by atoms with van der Waals surface area (Å²) in [4.78, 5) is 0. The molecule has 0 radical (unpaired) electrons. The van der Waals surface area contributed by atoms with Gasteiger partial charge in [0.25, 0.3) is 0 Å². The van der Waals surface area contributed by atoms with Gasteiger partial charge in [0.05, 0.1) is 10.7 Å². The van der Waals surface area contributed by atoms with Crippen LogP contribution in [0.2, 0.25) is 0 Å². The first-order valence-corrected chi connectivity index (χ1v) is 0.827. The fourth-order valence-corrected chi connectivity index (χ4v) is 0. The van der Waals surface area contributed by atoms with Crippen molar-refractivity contribution in [1.82, 2.24) is 0 Å². The maximum Gasteiger partial charge on any atom is 0.0609 e. The molecule has 0 heterocycles. The highest BCUT2D eigenvalue weighted by Crippen LogP contribution is 1.46. The van der Waals surface area contributed by atoms with Crippen LogP contribution in [-0.4, -0.2) is 11.7 Å². The van der Waals surface area contributed by atoms with E-state index in [-0.39, 0.29) is 0 Å². The number of hydrogen-bond acceptors (Lipinski definition) is 1. The minimum absolute atomic E-state index is 0.618. The second-order valence-electron chi connectivity index (χ2n) is 0.289. The molecule has 0 rings (SSSR count). The number of rotatable bonds is 1. The van der Waals surface area contributed by atoms with Crippen molar-refractivity contribution in [2.24, 2.45) is 0 Å². The lowest BCUT2D eigenvalue weighted by Crippen LogP contribution is -1.62. The van der Waals surface area contributed by atoms with E-state index in [1.165, 1.54) is 0 Å². The maximum atomic E-state index is 8.14. The van der Waals surface area contributed by atoms with Gasteiger partial charge >= 0.3 is 0 Å². The van der Waals surface area contributed by atoms with Gasteiger partial charge in [0.2, 0.25) is 0 Å². The summed E-state index contributed by atoms with van der Waals surface area (Å²) in [6, 6.07) is -0.618. The van der Waals surface area contributed by atoms with Crippen molar-refractivity contribution in [3.8, 4) is 0 Å². The van der Waals surface area contributed by atoms with Gasteiger partial charge in [-0.2, -0.15) is 0 Å². The molecule has 0 atom stereocenters. The van der Waals surface area contributed by atoms with Gasteiger partial charge in [-0.25, -0.2) is 0 Å². The number of hydrogen-bond donors (Lipinski definition) is 1. The van der Waals surface area contributed by atoms with Crippen LogP contribution in [0.15, 0.2) is 12.6 Å². The van der Waals surface area contributed by atoms with E-state index in [2.05, 4.69) is 6.58 Å².